The van der Waals surface area contributed by atoms with Crippen molar-refractivity contribution >= 4 is 0 Å². The van der Waals surface area contributed by atoms with Gasteiger partial charge in [0.25, 0.3) is 0 Å². The van der Waals surface area contributed by atoms with E-state index in [-0.39, 0.29) is 11.6 Å². The Bertz CT molecular complexity index is 460. The molecule has 0 spiro atoms. The molecule has 1 aromatic rings. The Labute approximate surface area is 130 Å². The molecule has 1 aliphatic rings. The van der Waals surface area contributed by atoms with Gasteiger partial charge >= 0.3 is 0 Å². The predicted octanol–water partition coefficient (Wildman–Crippen LogP) is 3.68. The first-order valence-electron chi connectivity index (χ1n) is 8.35. The van der Waals surface area contributed by atoms with E-state index >= 15 is 0 Å². The lowest BCUT2D eigenvalue weighted by Gasteiger charge is -2.49. The normalized spacial score (nSPS) is 27.9. The van der Waals surface area contributed by atoms with Gasteiger partial charge in [-0.25, -0.2) is 0 Å². The largest absolute Gasteiger partial charge is 0.326 e. The van der Waals surface area contributed by atoms with Crippen LogP contribution >= 0.6 is 0 Å². The highest BCUT2D eigenvalue weighted by Gasteiger charge is 2.42. The maximum Gasteiger partial charge on any atom is 0.0360 e. The molecule has 0 aliphatic heterocycles. The molecule has 0 aromatic heterocycles. The summed E-state index contributed by atoms with van der Waals surface area (Å²) in [7, 11) is 4.42. The monoisotopic (exact) mass is 288 g/mol. The molecule has 3 unspecified atom stereocenters. The van der Waals surface area contributed by atoms with Crippen molar-refractivity contribution in [3.05, 3.63) is 34.9 Å². The highest BCUT2D eigenvalue weighted by Crippen LogP contribution is 2.38. The van der Waals surface area contributed by atoms with Crippen LogP contribution in [-0.2, 0) is 6.42 Å². The second-order valence-electron chi connectivity index (χ2n) is 7.38. The summed E-state index contributed by atoms with van der Waals surface area (Å²) in [6, 6.07) is 6.77. The van der Waals surface area contributed by atoms with Crippen molar-refractivity contribution in [2.45, 2.75) is 64.5 Å². The molecule has 0 amide bonds. The minimum atomic E-state index is 0.159. The highest BCUT2D eigenvalue weighted by atomic mass is 15.2. The standard InChI is InChI=1S/C19H32N2/c1-14-8-7-11-19(13-14,21(4)5)18(20)12-17-15(2)9-6-10-16(17)3/h6,9-10,14,18H,7-8,11-13,20H2,1-5H3. The lowest BCUT2D eigenvalue weighted by molar-refractivity contribution is 0.0503. The second-order valence-corrected chi connectivity index (χ2v) is 7.38. The molecule has 0 heterocycles. The maximum atomic E-state index is 6.77. The summed E-state index contributed by atoms with van der Waals surface area (Å²) in [6.45, 7) is 6.80. The third-order valence-corrected chi connectivity index (χ3v) is 5.66. The zero-order chi connectivity index (χ0) is 15.6. The molecule has 21 heavy (non-hydrogen) atoms. The average Bonchev–Trinajstić information content (AvgIpc) is 2.42. The van der Waals surface area contributed by atoms with Gasteiger partial charge in [-0.15, -0.1) is 0 Å². The van der Waals surface area contributed by atoms with E-state index in [1.165, 1.54) is 42.4 Å². The summed E-state index contributed by atoms with van der Waals surface area (Å²) in [5.41, 5.74) is 11.1. The molecular formula is C19H32N2. The van der Waals surface area contributed by atoms with Crippen molar-refractivity contribution in [2.24, 2.45) is 11.7 Å². The van der Waals surface area contributed by atoms with Crippen LogP contribution in [0.5, 0.6) is 0 Å². The summed E-state index contributed by atoms with van der Waals surface area (Å²) >= 11 is 0. The van der Waals surface area contributed by atoms with Crippen molar-refractivity contribution in [2.75, 3.05) is 14.1 Å². The Morgan fingerprint density at radius 2 is 1.90 bits per heavy atom. The van der Waals surface area contributed by atoms with Crippen molar-refractivity contribution in [1.82, 2.24) is 4.90 Å². The third-order valence-electron chi connectivity index (χ3n) is 5.66. The van der Waals surface area contributed by atoms with Crippen molar-refractivity contribution in [3.63, 3.8) is 0 Å². The number of likely N-dealkylation sites (N-methyl/N-ethyl adjacent to an activating group) is 1. The van der Waals surface area contributed by atoms with E-state index in [1.807, 2.05) is 0 Å². The van der Waals surface area contributed by atoms with Gasteiger partial charge in [0.2, 0.25) is 0 Å². The number of nitrogens with two attached hydrogens (primary N) is 1. The van der Waals surface area contributed by atoms with Gasteiger partial charge in [-0.1, -0.05) is 38.0 Å². The summed E-state index contributed by atoms with van der Waals surface area (Å²) < 4.78 is 0. The average molecular weight is 288 g/mol. The second kappa shape index (κ2) is 6.50. The fourth-order valence-corrected chi connectivity index (χ4v) is 4.22. The molecule has 2 heteroatoms. The molecule has 3 atom stereocenters. The number of nitrogens with zero attached hydrogens (tertiary/aromatic N) is 1. The van der Waals surface area contributed by atoms with Crippen LogP contribution < -0.4 is 5.73 Å². The molecule has 2 rings (SSSR count). The van der Waals surface area contributed by atoms with Crippen LogP contribution in [0.4, 0.5) is 0 Å². The lowest BCUT2D eigenvalue weighted by atomic mass is 9.70. The Hall–Kier alpha value is -0.860. The van der Waals surface area contributed by atoms with E-state index in [0.717, 1.165) is 12.3 Å². The molecule has 0 saturated heterocycles. The quantitative estimate of drug-likeness (QED) is 0.915. The molecule has 118 valence electrons. The van der Waals surface area contributed by atoms with E-state index in [0.29, 0.717) is 0 Å². The summed E-state index contributed by atoms with van der Waals surface area (Å²) in [5.74, 6) is 0.783. The van der Waals surface area contributed by atoms with Gasteiger partial charge in [-0.2, -0.15) is 0 Å². The number of hydrogen-bond acceptors (Lipinski definition) is 2. The fraction of sp³-hybridized carbons (Fsp3) is 0.684. The smallest absolute Gasteiger partial charge is 0.0360 e. The van der Waals surface area contributed by atoms with Crippen LogP contribution in [0.3, 0.4) is 0 Å². The highest BCUT2D eigenvalue weighted by molar-refractivity contribution is 5.34. The SMILES string of the molecule is Cc1cccc(C)c1CC(N)C1(N(C)C)CCCC(C)C1. The van der Waals surface area contributed by atoms with E-state index in [1.54, 1.807) is 0 Å². The van der Waals surface area contributed by atoms with Crippen molar-refractivity contribution in [3.8, 4) is 0 Å². The lowest BCUT2D eigenvalue weighted by Crippen LogP contribution is -2.60. The summed E-state index contributed by atoms with van der Waals surface area (Å²) in [5, 5.41) is 0. The van der Waals surface area contributed by atoms with Crippen LogP contribution in [0.15, 0.2) is 18.2 Å². The summed E-state index contributed by atoms with van der Waals surface area (Å²) in [4.78, 5) is 2.40. The molecule has 1 aliphatic carbocycles. The Balaban J connectivity index is 2.25. The van der Waals surface area contributed by atoms with Crippen molar-refractivity contribution < 1.29 is 0 Å². The predicted molar refractivity (Wildman–Crippen MR) is 91.6 cm³/mol. The van der Waals surface area contributed by atoms with Crippen LogP contribution in [0.2, 0.25) is 0 Å². The van der Waals surface area contributed by atoms with Gasteiger partial charge in [-0.3, -0.25) is 0 Å². The molecule has 1 saturated carbocycles. The van der Waals surface area contributed by atoms with E-state index < -0.39 is 0 Å². The fourth-order valence-electron chi connectivity index (χ4n) is 4.22. The van der Waals surface area contributed by atoms with Gasteiger partial charge in [-0.05, 0) is 69.8 Å². The molecule has 2 N–H and O–H groups in total. The molecule has 2 nitrogen and oxygen atoms in total. The number of benzene rings is 1. The Morgan fingerprint density at radius 3 is 2.43 bits per heavy atom. The molecule has 1 fully saturated rings. The molecule has 1 aromatic carbocycles. The van der Waals surface area contributed by atoms with Gasteiger partial charge in [0, 0.05) is 11.6 Å². The number of rotatable bonds is 4. The van der Waals surface area contributed by atoms with Gasteiger partial charge in [0.15, 0.2) is 0 Å². The van der Waals surface area contributed by atoms with Gasteiger partial charge in [0.05, 0.1) is 0 Å². The third kappa shape index (κ3) is 3.32. The topological polar surface area (TPSA) is 29.3 Å². The van der Waals surface area contributed by atoms with Crippen molar-refractivity contribution in [1.29, 1.82) is 0 Å². The van der Waals surface area contributed by atoms with Gasteiger partial charge in [0.1, 0.15) is 0 Å². The van der Waals surface area contributed by atoms with E-state index in [4.69, 9.17) is 5.73 Å². The Morgan fingerprint density at radius 1 is 1.29 bits per heavy atom. The number of hydrogen-bond donors (Lipinski definition) is 1. The minimum Gasteiger partial charge on any atom is -0.326 e. The zero-order valence-corrected chi connectivity index (χ0v) is 14.4. The minimum absolute atomic E-state index is 0.159. The van der Waals surface area contributed by atoms with Crippen LogP contribution in [-0.4, -0.2) is 30.6 Å². The molecule has 0 bridgehead atoms. The van der Waals surface area contributed by atoms with Crippen LogP contribution in [0.25, 0.3) is 0 Å². The summed E-state index contributed by atoms with van der Waals surface area (Å²) in [6.07, 6.45) is 6.11. The number of aryl methyl sites for hydroxylation is 2. The first kappa shape index (κ1) is 16.5. The van der Waals surface area contributed by atoms with E-state index in [9.17, 15) is 0 Å². The molecule has 0 radical (unpaired) electrons. The molecular weight excluding hydrogens is 256 g/mol. The van der Waals surface area contributed by atoms with E-state index in [2.05, 4.69) is 58.0 Å². The zero-order valence-electron chi connectivity index (χ0n) is 14.4. The Kier molecular flexibility index (Phi) is 5.11. The first-order valence-corrected chi connectivity index (χ1v) is 8.35. The maximum absolute atomic E-state index is 6.77. The van der Waals surface area contributed by atoms with Crippen LogP contribution in [0, 0.1) is 19.8 Å². The van der Waals surface area contributed by atoms with Crippen LogP contribution in [0.1, 0.15) is 49.3 Å². The first-order chi connectivity index (χ1) is 9.86. The van der Waals surface area contributed by atoms with Gasteiger partial charge < -0.3 is 10.6 Å².